The number of halogens is 1. The Kier molecular flexibility index (Phi) is 7.78. The molecule has 1 aliphatic carbocycles. The average Bonchev–Trinajstić information content (AvgIpc) is 3.41. The van der Waals surface area contributed by atoms with Crippen LogP contribution in [0.25, 0.3) is 23.0 Å². The number of aryl methyl sites for hydroxylation is 1. The zero-order valence-electron chi connectivity index (χ0n) is 22.8. The maximum absolute atomic E-state index is 12.9. The Morgan fingerprint density at radius 3 is 2.66 bits per heavy atom. The van der Waals surface area contributed by atoms with Crippen LogP contribution in [0.15, 0.2) is 27.6 Å². The first-order valence-corrected chi connectivity index (χ1v) is 14.9. The summed E-state index contributed by atoms with van der Waals surface area (Å²) in [6, 6.07) is 4.55. The van der Waals surface area contributed by atoms with Crippen molar-refractivity contribution in [2.75, 3.05) is 5.75 Å². The van der Waals surface area contributed by atoms with Crippen molar-refractivity contribution in [3.63, 3.8) is 0 Å². The Hall–Kier alpha value is -2.72. The van der Waals surface area contributed by atoms with Crippen molar-refractivity contribution >= 4 is 27.4 Å². The summed E-state index contributed by atoms with van der Waals surface area (Å²) in [4.78, 5) is 16.5. The molecule has 0 atom stereocenters. The lowest BCUT2D eigenvalue weighted by Gasteiger charge is -2.30. The van der Waals surface area contributed by atoms with Crippen LogP contribution in [0.4, 0.5) is 0 Å². The number of rotatable bonds is 8. The van der Waals surface area contributed by atoms with Gasteiger partial charge in [0, 0.05) is 29.8 Å². The molecule has 9 nitrogen and oxygen atoms in total. The van der Waals surface area contributed by atoms with Crippen molar-refractivity contribution in [3.05, 3.63) is 34.5 Å². The highest BCUT2D eigenvalue weighted by molar-refractivity contribution is 7.91. The van der Waals surface area contributed by atoms with Crippen molar-refractivity contribution in [2.24, 2.45) is 5.41 Å². The van der Waals surface area contributed by atoms with Gasteiger partial charge in [0.05, 0.1) is 15.7 Å². The SMILES string of the molecule is CCn1nc(-c2nc(-c3ccc(S(=O)(=O)CCCC(=O)OC(C)(C)C)c(Cl)c3)no2)c2c1CC(C)(C)CC2. The number of carbonyl (C=O) groups excluding carboxylic acids is 1. The molecule has 0 spiro atoms. The van der Waals surface area contributed by atoms with Gasteiger partial charge in [-0.1, -0.05) is 30.6 Å². The molecule has 0 bridgehead atoms. The van der Waals surface area contributed by atoms with Crippen LogP contribution in [0.3, 0.4) is 0 Å². The zero-order chi connectivity index (χ0) is 27.9. The third-order valence-corrected chi connectivity index (χ3v) is 8.81. The fourth-order valence-corrected chi connectivity index (χ4v) is 6.58. The van der Waals surface area contributed by atoms with Gasteiger partial charge in [-0.15, -0.1) is 0 Å². The van der Waals surface area contributed by atoms with Gasteiger partial charge in [-0.3, -0.25) is 9.48 Å². The molecule has 2 aromatic heterocycles. The Bertz CT molecular complexity index is 1450. The van der Waals surface area contributed by atoms with Gasteiger partial charge in [0.15, 0.2) is 15.5 Å². The summed E-state index contributed by atoms with van der Waals surface area (Å²) in [5.41, 5.74) is 3.19. The third-order valence-electron chi connectivity index (χ3n) is 6.53. The number of hydrogen-bond donors (Lipinski definition) is 0. The van der Waals surface area contributed by atoms with Crippen LogP contribution in [0.1, 0.15) is 72.1 Å². The van der Waals surface area contributed by atoms with E-state index in [1.807, 2.05) is 4.68 Å². The number of esters is 1. The van der Waals surface area contributed by atoms with Crippen molar-refractivity contribution < 1.29 is 22.5 Å². The Morgan fingerprint density at radius 2 is 2.00 bits per heavy atom. The lowest BCUT2D eigenvalue weighted by Crippen LogP contribution is -2.24. The fraction of sp³-hybridized carbons (Fsp3) is 0.556. The number of sulfone groups is 1. The Balaban J connectivity index is 1.51. The molecule has 0 saturated carbocycles. The quantitative estimate of drug-likeness (QED) is 0.322. The maximum atomic E-state index is 12.9. The van der Waals surface area contributed by atoms with E-state index in [-0.39, 0.29) is 33.9 Å². The topological polar surface area (TPSA) is 117 Å². The summed E-state index contributed by atoms with van der Waals surface area (Å²) in [6.07, 6.45) is 3.02. The van der Waals surface area contributed by atoms with Crippen LogP contribution < -0.4 is 0 Å². The summed E-state index contributed by atoms with van der Waals surface area (Å²) < 4.78 is 38.6. The number of nitrogens with zero attached hydrogens (tertiary/aromatic N) is 4. The van der Waals surface area contributed by atoms with E-state index in [2.05, 4.69) is 30.9 Å². The predicted octanol–water partition coefficient (Wildman–Crippen LogP) is 5.68. The Labute approximate surface area is 228 Å². The highest BCUT2D eigenvalue weighted by atomic mass is 35.5. The van der Waals surface area contributed by atoms with E-state index < -0.39 is 21.4 Å². The first-order valence-electron chi connectivity index (χ1n) is 12.9. The normalized spacial score (nSPS) is 15.3. The van der Waals surface area contributed by atoms with Crippen LogP contribution >= 0.6 is 11.6 Å². The second-order valence-corrected chi connectivity index (χ2v) is 14.0. The molecule has 0 N–H and O–H groups in total. The molecule has 0 radical (unpaired) electrons. The van der Waals surface area contributed by atoms with Crippen LogP contribution in [-0.2, 0) is 38.8 Å². The molecule has 2 heterocycles. The summed E-state index contributed by atoms with van der Waals surface area (Å²) in [6.45, 7) is 12.6. The van der Waals surface area contributed by atoms with Gasteiger partial charge < -0.3 is 9.26 Å². The van der Waals surface area contributed by atoms with E-state index in [9.17, 15) is 13.2 Å². The van der Waals surface area contributed by atoms with Crippen LogP contribution in [0.5, 0.6) is 0 Å². The minimum atomic E-state index is -3.70. The fourth-order valence-electron chi connectivity index (χ4n) is 4.67. The highest BCUT2D eigenvalue weighted by Gasteiger charge is 2.32. The van der Waals surface area contributed by atoms with Gasteiger partial charge >= 0.3 is 5.97 Å². The van der Waals surface area contributed by atoms with E-state index in [1.54, 1.807) is 26.8 Å². The van der Waals surface area contributed by atoms with Gasteiger partial charge in [0.2, 0.25) is 5.82 Å². The summed E-state index contributed by atoms with van der Waals surface area (Å²) >= 11 is 6.39. The summed E-state index contributed by atoms with van der Waals surface area (Å²) in [7, 11) is -3.70. The van der Waals surface area contributed by atoms with E-state index in [0.717, 1.165) is 31.4 Å². The molecule has 0 aliphatic heterocycles. The third kappa shape index (κ3) is 6.29. The molecule has 0 amide bonds. The lowest BCUT2D eigenvalue weighted by molar-refractivity contribution is -0.154. The number of benzene rings is 1. The maximum Gasteiger partial charge on any atom is 0.306 e. The van der Waals surface area contributed by atoms with Crippen LogP contribution in [0, 0.1) is 5.41 Å². The first kappa shape index (κ1) is 28.3. The summed E-state index contributed by atoms with van der Waals surface area (Å²) in [5, 5.41) is 8.93. The molecule has 38 heavy (non-hydrogen) atoms. The van der Waals surface area contributed by atoms with Gasteiger partial charge in [0.25, 0.3) is 5.89 Å². The van der Waals surface area contributed by atoms with Crippen molar-refractivity contribution in [1.29, 1.82) is 0 Å². The minimum absolute atomic E-state index is 0.00537. The monoisotopic (exact) mass is 562 g/mol. The highest BCUT2D eigenvalue weighted by Crippen LogP contribution is 2.39. The number of hydrogen-bond acceptors (Lipinski definition) is 8. The van der Waals surface area contributed by atoms with Crippen molar-refractivity contribution in [2.45, 2.75) is 90.7 Å². The van der Waals surface area contributed by atoms with E-state index in [4.69, 9.17) is 26.0 Å². The largest absolute Gasteiger partial charge is 0.460 e. The molecule has 0 fully saturated rings. The standard InChI is InChI=1S/C27H35ClN4O5S/c1-7-32-20-16-27(5,6)13-12-18(20)23(30-32)25-29-24(31-37-25)17-10-11-21(19(28)15-17)38(34,35)14-8-9-22(33)36-26(2,3)4/h10-11,15H,7-9,12-14,16H2,1-6H3. The van der Waals surface area contributed by atoms with E-state index in [1.165, 1.54) is 17.8 Å². The summed E-state index contributed by atoms with van der Waals surface area (Å²) in [5.74, 6) is -0.0275. The van der Waals surface area contributed by atoms with Gasteiger partial charge in [-0.2, -0.15) is 10.1 Å². The molecule has 0 saturated heterocycles. The van der Waals surface area contributed by atoms with E-state index >= 15 is 0 Å². The van der Waals surface area contributed by atoms with E-state index in [0.29, 0.717) is 23.0 Å². The molecule has 1 aromatic carbocycles. The average molecular weight is 563 g/mol. The number of carbonyl (C=O) groups is 1. The molecule has 0 unspecified atom stereocenters. The molecule has 1 aliphatic rings. The minimum Gasteiger partial charge on any atom is -0.460 e. The molecule has 4 rings (SSSR count). The zero-order valence-corrected chi connectivity index (χ0v) is 24.4. The van der Waals surface area contributed by atoms with Gasteiger partial charge in [-0.25, -0.2) is 8.42 Å². The van der Waals surface area contributed by atoms with Crippen molar-refractivity contribution in [1.82, 2.24) is 19.9 Å². The second kappa shape index (κ2) is 10.4. The number of ether oxygens (including phenoxy) is 1. The van der Waals surface area contributed by atoms with Gasteiger partial charge in [0.1, 0.15) is 5.60 Å². The van der Waals surface area contributed by atoms with Crippen LogP contribution in [0.2, 0.25) is 5.02 Å². The van der Waals surface area contributed by atoms with Crippen LogP contribution in [-0.4, -0.2) is 45.7 Å². The smallest absolute Gasteiger partial charge is 0.306 e. The van der Waals surface area contributed by atoms with Crippen molar-refractivity contribution in [3.8, 4) is 23.0 Å². The molecule has 11 heteroatoms. The molecule has 3 aromatic rings. The Morgan fingerprint density at radius 1 is 1.26 bits per heavy atom. The predicted molar refractivity (Wildman–Crippen MR) is 145 cm³/mol. The molecular weight excluding hydrogens is 528 g/mol. The molecule has 206 valence electrons. The van der Waals surface area contributed by atoms with Gasteiger partial charge in [-0.05, 0) is 77.0 Å². The number of fused-ring (bicyclic) bond motifs is 1. The number of aromatic nitrogens is 4. The molecular formula is C27H35ClN4O5S. The lowest BCUT2D eigenvalue weighted by atomic mass is 9.76. The second-order valence-electron chi connectivity index (χ2n) is 11.5. The first-order chi connectivity index (χ1) is 17.7.